The van der Waals surface area contributed by atoms with Crippen molar-refractivity contribution in [3.05, 3.63) is 10.6 Å². The van der Waals surface area contributed by atoms with Gasteiger partial charge in [-0.1, -0.05) is 11.4 Å². The first-order valence-corrected chi connectivity index (χ1v) is 7.96. The van der Waals surface area contributed by atoms with E-state index >= 15 is 0 Å². The molecule has 0 spiro atoms. The van der Waals surface area contributed by atoms with Gasteiger partial charge in [0.1, 0.15) is 16.5 Å². The number of carbonyl (C=O) groups is 2. The number of hydrogen-bond acceptors (Lipinski definition) is 6. The summed E-state index contributed by atoms with van der Waals surface area (Å²) in [5.41, 5.74) is 0.148. The highest BCUT2D eigenvalue weighted by molar-refractivity contribution is 7.08. The first-order valence-electron chi connectivity index (χ1n) is 7.18. The molecule has 0 saturated carbocycles. The zero-order chi connectivity index (χ0) is 15.6. The van der Waals surface area contributed by atoms with Gasteiger partial charge >= 0.3 is 5.97 Å². The van der Waals surface area contributed by atoms with E-state index in [9.17, 15) is 9.59 Å². The summed E-state index contributed by atoms with van der Waals surface area (Å²) >= 11 is 1.09. The van der Waals surface area contributed by atoms with Crippen LogP contribution in [-0.2, 0) is 16.0 Å². The van der Waals surface area contributed by atoms with Crippen LogP contribution in [0.1, 0.15) is 55.9 Å². The van der Waals surface area contributed by atoms with E-state index in [1.165, 1.54) is 0 Å². The van der Waals surface area contributed by atoms with Crippen LogP contribution in [0.2, 0.25) is 0 Å². The minimum atomic E-state index is -0.547. The molecule has 21 heavy (non-hydrogen) atoms. The van der Waals surface area contributed by atoms with Crippen LogP contribution < -0.4 is 0 Å². The molecule has 1 aliphatic rings. The number of hydrogen-bond donors (Lipinski definition) is 0. The highest BCUT2D eigenvalue weighted by Crippen LogP contribution is 2.25. The Balaban J connectivity index is 2.15. The number of carbonyl (C=O) groups excluding carboxylic acids is 2. The molecule has 1 atom stereocenters. The number of aromatic nitrogens is 2. The fourth-order valence-corrected chi connectivity index (χ4v) is 3.06. The van der Waals surface area contributed by atoms with Gasteiger partial charge in [-0.25, -0.2) is 4.79 Å². The molecular weight excluding hydrogens is 290 g/mol. The normalized spacial score (nSPS) is 18.9. The van der Waals surface area contributed by atoms with E-state index in [0.29, 0.717) is 30.0 Å². The van der Waals surface area contributed by atoms with Crippen LogP contribution in [0, 0.1) is 0 Å². The van der Waals surface area contributed by atoms with Gasteiger partial charge < -0.3 is 9.64 Å². The largest absolute Gasteiger partial charge is 0.458 e. The molecule has 1 saturated heterocycles. The van der Waals surface area contributed by atoms with Crippen LogP contribution in [0.15, 0.2) is 0 Å². The standard InChI is InChI=1S/C14H21N3O3S/c1-5-9-11(21-16-15-9)12(18)17-8-6-7-10(17)13(19)20-14(2,3)4/h10H,5-8H2,1-4H3/t10-/m0/s1. The number of likely N-dealkylation sites (tertiary alicyclic amines) is 1. The molecule has 116 valence electrons. The van der Waals surface area contributed by atoms with Gasteiger partial charge in [0.25, 0.3) is 5.91 Å². The average Bonchev–Trinajstić information content (AvgIpc) is 3.04. The maximum atomic E-state index is 12.6. The van der Waals surface area contributed by atoms with Gasteiger partial charge in [0.05, 0.1) is 5.69 Å². The van der Waals surface area contributed by atoms with Crippen LogP contribution in [0.5, 0.6) is 0 Å². The summed E-state index contributed by atoms with van der Waals surface area (Å²) < 4.78 is 9.26. The van der Waals surface area contributed by atoms with Crippen molar-refractivity contribution in [2.24, 2.45) is 0 Å². The van der Waals surface area contributed by atoms with Crippen molar-refractivity contribution in [1.29, 1.82) is 0 Å². The third-order valence-corrected chi connectivity index (χ3v) is 4.03. The van der Waals surface area contributed by atoms with Crippen molar-refractivity contribution in [3.8, 4) is 0 Å². The monoisotopic (exact) mass is 311 g/mol. The third kappa shape index (κ3) is 3.58. The molecule has 1 aliphatic heterocycles. The Bertz CT molecular complexity index is 536. The molecule has 2 heterocycles. The Kier molecular flexibility index (Phi) is 4.61. The maximum Gasteiger partial charge on any atom is 0.329 e. The predicted molar refractivity (Wildman–Crippen MR) is 79.2 cm³/mol. The van der Waals surface area contributed by atoms with Gasteiger partial charge in [-0.2, -0.15) is 0 Å². The van der Waals surface area contributed by atoms with Crippen molar-refractivity contribution in [2.75, 3.05) is 6.54 Å². The summed E-state index contributed by atoms with van der Waals surface area (Å²) in [5, 5.41) is 3.96. The number of nitrogens with zero attached hydrogens (tertiary/aromatic N) is 3. The van der Waals surface area contributed by atoms with Gasteiger partial charge in [-0.05, 0) is 51.6 Å². The maximum absolute atomic E-state index is 12.6. The molecule has 0 aliphatic carbocycles. The summed E-state index contributed by atoms with van der Waals surface area (Å²) in [5.74, 6) is -0.487. The van der Waals surface area contributed by atoms with E-state index < -0.39 is 11.6 Å². The van der Waals surface area contributed by atoms with E-state index in [1.807, 2.05) is 27.7 Å². The summed E-state index contributed by atoms with van der Waals surface area (Å²) in [6.07, 6.45) is 2.11. The lowest BCUT2D eigenvalue weighted by molar-refractivity contribution is -0.159. The van der Waals surface area contributed by atoms with Gasteiger partial charge in [0.2, 0.25) is 0 Å². The molecule has 1 aromatic rings. The number of rotatable bonds is 3. The first kappa shape index (κ1) is 15.9. The van der Waals surface area contributed by atoms with E-state index in [2.05, 4.69) is 9.59 Å². The number of aryl methyl sites for hydroxylation is 1. The Labute approximate surface area is 128 Å². The van der Waals surface area contributed by atoms with E-state index in [0.717, 1.165) is 18.0 Å². The van der Waals surface area contributed by atoms with Gasteiger partial charge in [0, 0.05) is 6.54 Å². The number of esters is 1. The number of ether oxygens (including phenoxy) is 1. The van der Waals surface area contributed by atoms with Gasteiger partial charge in [-0.15, -0.1) is 5.10 Å². The van der Waals surface area contributed by atoms with Crippen LogP contribution in [0.25, 0.3) is 0 Å². The molecule has 7 heteroatoms. The van der Waals surface area contributed by atoms with Crippen molar-refractivity contribution >= 4 is 23.4 Å². The lowest BCUT2D eigenvalue weighted by Gasteiger charge is -2.27. The van der Waals surface area contributed by atoms with Crippen LogP contribution >= 0.6 is 11.5 Å². The third-order valence-electron chi connectivity index (χ3n) is 3.28. The van der Waals surface area contributed by atoms with Crippen LogP contribution in [0.3, 0.4) is 0 Å². The second kappa shape index (κ2) is 6.09. The van der Waals surface area contributed by atoms with E-state index in [1.54, 1.807) is 4.90 Å². The lowest BCUT2D eigenvalue weighted by atomic mass is 10.1. The SMILES string of the molecule is CCc1nnsc1C(=O)N1CCC[C@H]1C(=O)OC(C)(C)C. The molecule has 1 fully saturated rings. The quantitative estimate of drug-likeness (QED) is 0.799. The second-order valence-electron chi connectivity index (χ2n) is 6.09. The highest BCUT2D eigenvalue weighted by Gasteiger charge is 2.38. The molecule has 1 aromatic heterocycles. The highest BCUT2D eigenvalue weighted by atomic mass is 32.1. The zero-order valence-electron chi connectivity index (χ0n) is 12.9. The molecule has 0 radical (unpaired) electrons. The molecule has 0 unspecified atom stereocenters. The molecule has 0 N–H and O–H groups in total. The summed E-state index contributed by atoms with van der Waals surface area (Å²) in [7, 11) is 0. The van der Waals surface area contributed by atoms with Crippen LogP contribution in [0.4, 0.5) is 0 Å². The predicted octanol–water partition coefficient (Wildman–Crippen LogP) is 2.05. The second-order valence-corrected chi connectivity index (χ2v) is 6.85. The van der Waals surface area contributed by atoms with Gasteiger partial charge in [-0.3, -0.25) is 4.79 Å². The smallest absolute Gasteiger partial charge is 0.329 e. The average molecular weight is 311 g/mol. The summed E-state index contributed by atoms with van der Waals surface area (Å²) in [6, 6.07) is -0.497. The topological polar surface area (TPSA) is 72.4 Å². The van der Waals surface area contributed by atoms with E-state index in [4.69, 9.17) is 4.74 Å². The summed E-state index contributed by atoms with van der Waals surface area (Å²) in [4.78, 5) is 27.0. The first-order chi connectivity index (χ1) is 9.83. The molecule has 0 aromatic carbocycles. The Hall–Kier alpha value is -1.50. The molecular formula is C14H21N3O3S. The fraction of sp³-hybridized carbons (Fsp3) is 0.714. The van der Waals surface area contributed by atoms with Crippen molar-refractivity contribution in [1.82, 2.24) is 14.5 Å². The minimum Gasteiger partial charge on any atom is -0.458 e. The van der Waals surface area contributed by atoms with E-state index in [-0.39, 0.29) is 11.9 Å². The zero-order valence-corrected chi connectivity index (χ0v) is 13.7. The minimum absolute atomic E-state index is 0.157. The lowest BCUT2D eigenvalue weighted by Crippen LogP contribution is -2.43. The Morgan fingerprint density at radius 3 is 2.76 bits per heavy atom. The van der Waals surface area contributed by atoms with Crippen molar-refractivity contribution in [3.63, 3.8) is 0 Å². The summed E-state index contributed by atoms with van der Waals surface area (Å²) in [6.45, 7) is 7.99. The van der Waals surface area contributed by atoms with Crippen LogP contribution in [-0.4, -0.2) is 44.6 Å². The molecule has 2 rings (SSSR count). The van der Waals surface area contributed by atoms with Crippen molar-refractivity contribution in [2.45, 2.75) is 58.6 Å². The van der Waals surface area contributed by atoms with Gasteiger partial charge in [0.15, 0.2) is 0 Å². The Morgan fingerprint density at radius 2 is 2.14 bits per heavy atom. The molecule has 0 bridgehead atoms. The molecule has 6 nitrogen and oxygen atoms in total. The fourth-order valence-electron chi connectivity index (χ4n) is 2.36. The Morgan fingerprint density at radius 1 is 1.43 bits per heavy atom. The molecule has 1 amide bonds. The van der Waals surface area contributed by atoms with Crippen molar-refractivity contribution < 1.29 is 14.3 Å². The number of amides is 1.